The average molecular weight is 634 g/mol. The Bertz CT molecular complexity index is 1560. The zero-order chi connectivity index (χ0) is 30.6. The average Bonchev–Trinajstić information content (AvgIpc) is 3.33. The van der Waals surface area contributed by atoms with Crippen LogP contribution in [0, 0.1) is 11.8 Å². The third-order valence-corrected chi connectivity index (χ3v) is 9.15. The van der Waals surface area contributed by atoms with Gasteiger partial charge in [0.15, 0.2) is 16.0 Å². The number of nitrogens with zero attached hydrogens (tertiary/aromatic N) is 1. The Morgan fingerprint density at radius 2 is 1.76 bits per heavy atom. The summed E-state index contributed by atoms with van der Waals surface area (Å²) in [5.41, 5.74) is 0.798. The molecular weight excluding hydrogens is 604 g/mol. The minimum absolute atomic E-state index is 0.0196. The van der Waals surface area contributed by atoms with Crippen molar-refractivity contribution in [2.45, 2.75) is 49.1 Å². The normalized spacial score (nSPS) is 16.3. The summed E-state index contributed by atoms with van der Waals surface area (Å²) in [7, 11) is -2.07. The first-order valence-electron chi connectivity index (χ1n) is 12.9. The van der Waals surface area contributed by atoms with Crippen molar-refractivity contribution in [2.24, 2.45) is 0 Å². The van der Waals surface area contributed by atoms with E-state index in [0.717, 1.165) is 22.5 Å². The second-order valence-corrected chi connectivity index (χ2v) is 12.8. The lowest BCUT2D eigenvalue weighted by molar-refractivity contribution is -0.0565. The zero-order valence-corrected chi connectivity index (χ0v) is 24.3. The van der Waals surface area contributed by atoms with Crippen molar-refractivity contribution in [2.75, 3.05) is 43.6 Å². The van der Waals surface area contributed by atoms with E-state index in [1.165, 1.54) is 31.4 Å². The van der Waals surface area contributed by atoms with Gasteiger partial charge in [-0.15, -0.1) is 11.3 Å². The molecule has 2 aromatic carbocycles. The predicted molar refractivity (Wildman–Crippen MR) is 152 cm³/mol. The van der Waals surface area contributed by atoms with Gasteiger partial charge >= 0.3 is 0 Å². The summed E-state index contributed by atoms with van der Waals surface area (Å²) >= 11 is 1.05. The van der Waals surface area contributed by atoms with E-state index in [2.05, 4.69) is 22.5 Å². The van der Waals surface area contributed by atoms with Crippen molar-refractivity contribution < 1.29 is 39.5 Å². The molecule has 1 saturated heterocycles. The highest BCUT2D eigenvalue weighted by molar-refractivity contribution is 7.90. The molecule has 4 rings (SSSR count). The van der Waals surface area contributed by atoms with E-state index >= 15 is 0 Å². The van der Waals surface area contributed by atoms with Gasteiger partial charge in [0.1, 0.15) is 5.75 Å². The van der Waals surface area contributed by atoms with Gasteiger partial charge in [-0.05, 0) is 31.0 Å². The fourth-order valence-corrected chi connectivity index (χ4v) is 6.55. The second-order valence-electron chi connectivity index (χ2n) is 9.71. The Balaban J connectivity index is 1.56. The van der Waals surface area contributed by atoms with Gasteiger partial charge in [0.25, 0.3) is 12.9 Å². The standard InChI is InChI=1S/C28H29F6N3O3S2/c1-40-21-15-17(42(2,38)39)8-9-19(21)35-12-4-7-22-23(24(29)26(30)31)18-5-3-6-20(25(18)41-22)36-16-10-13-37(14-11-16)28(34)27(32)33/h3,5-6,8-9,15-16,24,26-28,35-36H,10-14H2,1-2H3. The summed E-state index contributed by atoms with van der Waals surface area (Å²) in [6.07, 6.45) is -9.42. The van der Waals surface area contributed by atoms with Crippen molar-refractivity contribution in [1.29, 1.82) is 0 Å². The van der Waals surface area contributed by atoms with Crippen LogP contribution in [0.15, 0.2) is 41.3 Å². The number of halogens is 6. The molecule has 0 spiro atoms. The molecule has 2 atom stereocenters. The van der Waals surface area contributed by atoms with Gasteiger partial charge in [-0.3, -0.25) is 4.90 Å². The van der Waals surface area contributed by atoms with E-state index in [1.54, 1.807) is 12.1 Å². The van der Waals surface area contributed by atoms with Crippen molar-refractivity contribution >= 4 is 42.6 Å². The van der Waals surface area contributed by atoms with Crippen molar-refractivity contribution in [3.8, 4) is 17.6 Å². The van der Waals surface area contributed by atoms with Crippen LogP contribution < -0.4 is 15.4 Å². The highest BCUT2D eigenvalue weighted by atomic mass is 32.2. The lowest BCUT2D eigenvalue weighted by atomic mass is 10.0. The first-order chi connectivity index (χ1) is 19.9. The molecule has 3 aromatic rings. The third kappa shape index (κ3) is 7.25. The molecule has 6 nitrogen and oxygen atoms in total. The van der Waals surface area contributed by atoms with Gasteiger partial charge in [0, 0.05) is 42.4 Å². The molecule has 0 saturated carbocycles. The number of sulfone groups is 1. The van der Waals surface area contributed by atoms with Gasteiger partial charge < -0.3 is 15.4 Å². The van der Waals surface area contributed by atoms with Crippen LogP contribution in [-0.4, -0.2) is 71.5 Å². The van der Waals surface area contributed by atoms with Crippen molar-refractivity contribution in [3.05, 3.63) is 46.8 Å². The molecule has 0 bridgehead atoms. The number of ether oxygens (including phenoxy) is 1. The third-order valence-electron chi connectivity index (χ3n) is 6.87. The highest BCUT2D eigenvalue weighted by Gasteiger charge is 2.32. The molecule has 2 unspecified atom stereocenters. The predicted octanol–water partition coefficient (Wildman–Crippen LogP) is 6.49. The van der Waals surface area contributed by atoms with Crippen LogP contribution in [0.3, 0.4) is 0 Å². The van der Waals surface area contributed by atoms with Gasteiger partial charge in [0.2, 0.25) is 6.30 Å². The number of piperidine rings is 1. The number of anilines is 2. The summed E-state index contributed by atoms with van der Waals surface area (Å²) in [5, 5.41) is 6.55. The molecule has 1 aliphatic rings. The number of likely N-dealkylation sites (tertiary alicyclic amines) is 1. The smallest absolute Gasteiger partial charge is 0.282 e. The molecule has 0 aliphatic carbocycles. The van der Waals surface area contributed by atoms with Crippen LogP contribution in [0.25, 0.3) is 10.1 Å². The topological polar surface area (TPSA) is 70.7 Å². The van der Waals surface area contributed by atoms with Crippen LogP contribution in [-0.2, 0) is 9.84 Å². The summed E-state index contributed by atoms with van der Waals surface area (Å²) in [6, 6.07) is 8.96. The van der Waals surface area contributed by atoms with Crippen molar-refractivity contribution in [3.63, 3.8) is 0 Å². The van der Waals surface area contributed by atoms with Crippen LogP contribution in [0.1, 0.15) is 29.5 Å². The molecule has 1 fully saturated rings. The van der Waals surface area contributed by atoms with Crippen LogP contribution >= 0.6 is 11.3 Å². The fraction of sp³-hybridized carbons (Fsp3) is 0.429. The molecule has 42 heavy (non-hydrogen) atoms. The molecule has 0 radical (unpaired) electrons. The lowest BCUT2D eigenvalue weighted by Gasteiger charge is -2.34. The monoisotopic (exact) mass is 633 g/mol. The van der Waals surface area contributed by atoms with E-state index in [4.69, 9.17) is 4.74 Å². The fourth-order valence-electron chi connectivity index (χ4n) is 4.73. The summed E-state index contributed by atoms with van der Waals surface area (Å²) in [5.74, 6) is 5.86. The SMILES string of the molecule is COc1cc(S(C)(=O)=O)ccc1NCC#Cc1sc2c(NC3CCN(C(F)C(F)F)CC3)cccc2c1C(F)C(F)F. The summed E-state index contributed by atoms with van der Waals surface area (Å²) in [4.78, 5) is 1.28. The summed E-state index contributed by atoms with van der Waals surface area (Å²) in [6.45, 7) is 0.266. The first kappa shape index (κ1) is 31.8. The first-order valence-corrected chi connectivity index (χ1v) is 15.6. The molecular formula is C28H29F6N3O3S2. The van der Waals surface area contributed by atoms with E-state index in [1.807, 2.05) is 0 Å². The van der Waals surface area contributed by atoms with Gasteiger partial charge in [-0.1, -0.05) is 24.0 Å². The Kier molecular flexibility index (Phi) is 10.2. The molecule has 1 aliphatic heterocycles. The Hall–Kier alpha value is -3.15. The zero-order valence-electron chi connectivity index (χ0n) is 22.6. The van der Waals surface area contributed by atoms with Gasteiger partial charge in [-0.25, -0.2) is 34.8 Å². The van der Waals surface area contributed by atoms with Crippen molar-refractivity contribution in [1.82, 2.24) is 4.90 Å². The van der Waals surface area contributed by atoms with E-state index in [9.17, 15) is 34.8 Å². The minimum atomic E-state index is -3.45. The Labute approximate surface area is 244 Å². The number of rotatable bonds is 10. The number of nitrogens with one attached hydrogen (secondary N) is 2. The number of alkyl halides is 6. The molecule has 2 heterocycles. The quantitative estimate of drug-likeness (QED) is 0.151. The van der Waals surface area contributed by atoms with E-state index in [0.29, 0.717) is 28.9 Å². The maximum atomic E-state index is 14.8. The second kappa shape index (κ2) is 13.4. The van der Waals surface area contributed by atoms with Crippen LogP contribution in [0.2, 0.25) is 0 Å². The van der Waals surface area contributed by atoms with Crippen LogP contribution in [0.5, 0.6) is 5.75 Å². The Morgan fingerprint density at radius 1 is 1.05 bits per heavy atom. The number of hydrogen-bond acceptors (Lipinski definition) is 7. The largest absolute Gasteiger partial charge is 0.495 e. The van der Waals surface area contributed by atoms with Gasteiger partial charge in [0.05, 0.1) is 39.5 Å². The minimum Gasteiger partial charge on any atom is -0.495 e. The maximum Gasteiger partial charge on any atom is 0.282 e. The maximum absolute atomic E-state index is 14.8. The van der Waals surface area contributed by atoms with E-state index in [-0.39, 0.29) is 52.1 Å². The molecule has 2 N–H and O–H groups in total. The molecule has 0 amide bonds. The Morgan fingerprint density at radius 3 is 2.38 bits per heavy atom. The summed E-state index contributed by atoms with van der Waals surface area (Å²) < 4.78 is 110. The van der Waals surface area contributed by atoms with Gasteiger partial charge in [-0.2, -0.15) is 0 Å². The molecule has 1 aromatic heterocycles. The number of thiophene rings is 1. The highest BCUT2D eigenvalue weighted by Crippen LogP contribution is 2.42. The number of benzene rings is 2. The van der Waals surface area contributed by atoms with Crippen LogP contribution in [0.4, 0.5) is 37.7 Å². The number of fused-ring (bicyclic) bond motifs is 1. The molecule has 14 heteroatoms. The molecule has 228 valence electrons. The number of methoxy groups -OCH3 is 1. The number of hydrogen-bond donors (Lipinski definition) is 2. The van der Waals surface area contributed by atoms with E-state index < -0.39 is 35.2 Å². The lowest BCUT2D eigenvalue weighted by Crippen LogP contribution is -2.45.